The average Bonchev–Trinajstić information content (AvgIpc) is 2.85. The highest BCUT2D eigenvalue weighted by molar-refractivity contribution is 6.07. The Hall–Kier alpha value is -1.43. The maximum absolute atomic E-state index is 12.6. The van der Waals surface area contributed by atoms with E-state index in [0.29, 0.717) is 32.2 Å². The van der Waals surface area contributed by atoms with Crippen LogP contribution in [0.3, 0.4) is 0 Å². The summed E-state index contributed by atoms with van der Waals surface area (Å²) in [5.41, 5.74) is 0. The molecule has 3 amide bonds. The van der Waals surface area contributed by atoms with Crippen LogP contribution in [0.2, 0.25) is 0 Å². The monoisotopic (exact) mass is 336 g/mol. The van der Waals surface area contributed by atoms with Gasteiger partial charge in [0.1, 0.15) is 6.54 Å². The van der Waals surface area contributed by atoms with Crippen molar-refractivity contribution in [2.45, 2.75) is 45.4 Å². The minimum absolute atomic E-state index is 0.0774. The number of rotatable bonds is 5. The summed E-state index contributed by atoms with van der Waals surface area (Å²) in [6, 6.07) is 0. The van der Waals surface area contributed by atoms with E-state index in [1.807, 2.05) is 6.92 Å². The van der Waals surface area contributed by atoms with Crippen molar-refractivity contribution in [1.29, 1.82) is 0 Å². The molecule has 6 heteroatoms. The molecule has 3 fully saturated rings. The Labute approximate surface area is 143 Å². The van der Waals surface area contributed by atoms with E-state index in [2.05, 4.69) is 0 Å². The maximum atomic E-state index is 12.6. The molecule has 0 aromatic rings. The van der Waals surface area contributed by atoms with Gasteiger partial charge in [0, 0.05) is 19.7 Å². The Balaban J connectivity index is 1.58. The van der Waals surface area contributed by atoms with Gasteiger partial charge in [0.15, 0.2) is 0 Å². The predicted molar refractivity (Wildman–Crippen MR) is 88.0 cm³/mol. The third-order valence-corrected chi connectivity index (χ3v) is 5.66. The molecule has 3 aliphatic rings. The summed E-state index contributed by atoms with van der Waals surface area (Å²) in [6.45, 7) is 4.63. The van der Waals surface area contributed by atoms with Crippen molar-refractivity contribution in [2.24, 2.45) is 17.8 Å². The lowest BCUT2D eigenvalue weighted by Crippen LogP contribution is -2.47. The van der Waals surface area contributed by atoms with Crippen molar-refractivity contribution >= 4 is 17.7 Å². The number of imide groups is 1. The van der Waals surface area contributed by atoms with Crippen molar-refractivity contribution < 1.29 is 19.1 Å². The van der Waals surface area contributed by atoms with Gasteiger partial charge < -0.3 is 9.64 Å². The fourth-order valence-corrected chi connectivity index (χ4v) is 4.33. The summed E-state index contributed by atoms with van der Waals surface area (Å²) in [4.78, 5) is 40.6. The molecule has 2 aliphatic heterocycles. The lowest BCUT2D eigenvalue weighted by atomic mass is 9.81. The number of hydrogen-bond donors (Lipinski definition) is 0. The molecule has 6 nitrogen and oxygen atoms in total. The van der Waals surface area contributed by atoms with Gasteiger partial charge in [0.2, 0.25) is 17.7 Å². The largest absolute Gasteiger partial charge is 0.381 e. The molecule has 1 aliphatic carbocycles. The van der Waals surface area contributed by atoms with Gasteiger partial charge in [-0.1, -0.05) is 12.8 Å². The Morgan fingerprint density at radius 3 is 2.38 bits per heavy atom. The molecule has 0 N–H and O–H groups in total. The minimum Gasteiger partial charge on any atom is -0.381 e. The number of likely N-dealkylation sites (tertiary alicyclic amines) is 2. The first-order valence-electron chi connectivity index (χ1n) is 9.32. The van der Waals surface area contributed by atoms with E-state index >= 15 is 0 Å². The van der Waals surface area contributed by atoms with Gasteiger partial charge in [0.25, 0.3) is 0 Å². The van der Waals surface area contributed by atoms with Gasteiger partial charge in [-0.05, 0) is 38.5 Å². The molecule has 2 saturated heterocycles. The topological polar surface area (TPSA) is 66.9 Å². The quantitative estimate of drug-likeness (QED) is 0.713. The van der Waals surface area contributed by atoms with Crippen LogP contribution >= 0.6 is 0 Å². The third kappa shape index (κ3) is 3.48. The zero-order chi connectivity index (χ0) is 17.1. The minimum atomic E-state index is -0.175. The molecule has 0 aromatic carbocycles. The highest BCUT2D eigenvalue weighted by Gasteiger charge is 2.48. The second-order valence-corrected chi connectivity index (χ2v) is 7.27. The predicted octanol–water partition coefficient (Wildman–Crippen LogP) is 1.44. The number of nitrogens with zero attached hydrogens (tertiary/aromatic N) is 2. The van der Waals surface area contributed by atoms with E-state index in [0.717, 1.165) is 38.5 Å². The van der Waals surface area contributed by atoms with Crippen LogP contribution < -0.4 is 0 Å². The number of ether oxygens (including phenoxy) is 1. The van der Waals surface area contributed by atoms with Gasteiger partial charge in [-0.2, -0.15) is 0 Å². The van der Waals surface area contributed by atoms with Crippen LogP contribution in [0.5, 0.6) is 0 Å². The molecule has 0 aromatic heterocycles. The molecule has 0 unspecified atom stereocenters. The van der Waals surface area contributed by atoms with Crippen LogP contribution in [0, 0.1) is 17.8 Å². The number of carbonyl (C=O) groups excluding carboxylic acids is 3. The van der Waals surface area contributed by atoms with Crippen LogP contribution in [0.25, 0.3) is 0 Å². The standard InChI is InChI=1S/C18H28N2O4/c1-2-24-12-13-6-5-9-19(10-13)16(21)11-20-17(22)14-7-3-4-8-15(14)18(20)23/h13-15H,2-12H2,1H3/t13-,14-,15+/m1/s1. The second kappa shape index (κ2) is 7.64. The number of piperidine rings is 1. The fourth-order valence-electron chi connectivity index (χ4n) is 4.33. The molecular weight excluding hydrogens is 308 g/mol. The fraction of sp³-hybridized carbons (Fsp3) is 0.833. The summed E-state index contributed by atoms with van der Waals surface area (Å²) in [5, 5.41) is 0. The first-order valence-corrected chi connectivity index (χ1v) is 9.32. The van der Waals surface area contributed by atoms with E-state index in [9.17, 15) is 14.4 Å². The molecule has 0 bridgehead atoms. The van der Waals surface area contributed by atoms with Gasteiger partial charge >= 0.3 is 0 Å². The number of amides is 3. The molecule has 134 valence electrons. The highest BCUT2D eigenvalue weighted by Crippen LogP contribution is 2.37. The Bertz CT molecular complexity index is 483. The van der Waals surface area contributed by atoms with Gasteiger partial charge in [-0.15, -0.1) is 0 Å². The lowest BCUT2D eigenvalue weighted by molar-refractivity contribution is -0.147. The normalized spacial score (nSPS) is 30.6. The number of fused-ring (bicyclic) bond motifs is 1. The number of hydrogen-bond acceptors (Lipinski definition) is 4. The molecule has 24 heavy (non-hydrogen) atoms. The van der Waals surface area contributed by atoms with Crippen LogP contribution in [-0.2, 0) is 19.1 Å². The van der Waals surface area contributed by atoms with E-state index in [1.54, 1.807) is 4.90 Å². The molecule has 2 heterocycles. The first-order chi connectivity index (χ1) is 11.6. The summed E-state index contributed by atoms with van der Waals surface area (Å²) >= 11 is 0. The first kappa shape index (κ1) is 17.4. The van der Waals surface area contributed by atoms with Crippen molar-refractivity contribution in [2.75, 3.05) is 32.8 Å². The van der Waals surface area contributed by atoms with Crippen LogP contribution in [0.1, 0.15) is 45.4 Å². The van der Waals surface area contributed by atoms with Crippen molar-refractivity contribution in [1.82, 2.24) is 9.80 Å². The highest BCUT2D eigenvalue weighted by atomic mass is 16.5. The van der Waals surface area contributed by atoms with E-state index in [1.165, 1.54) is 4.90 Å². The zero-order valence-electron chi connectivity index (χ0n) is 14.5. The zero-order valence-corrected chi connectivity index (χ0v) is 14.5. The Morgan fingerprint density at radius 2 is 1.75 bits per heavy atom. The smallest absolute Gasteiger partial charge is 0.242 e. The molecular formula is C18H28N2O4. The lowest BCUT2D eigenvalue weighted by Gasteiger charge is -2.33. The number of carbonyl (C=O) groups is 3. The van der Waals surface area contributed by atoms with Gasteiger partial charge in [0.05, 0.1) is 18.4 Å². The molecule has 3 rings (SSSR count). The molecule has 3 atom stereocenters. The van der Waals surface area contributed by atoms with Crippen LogP contribution in [0.4, 0.5) is 0 Å². The van der Waals surface area contributed by atoms with Crippen LogP contribution in [0.15, 0.2) is 0 Å². The SMILES string of the molecule is CCOC[C@@H]1CCCN(C(=O)CN2C(=O)[C@H]3CCCC[C@H]3C2=O)C1. The average molecular weight is 336 g/mol. The second-order valence-electron chi connectivity index (χ2n) is 7.27. The molecule has 0 spiro atoms. The molecule has 0 radical (unpaired) electrons. The van der Waals surface area contributed by atoms with Crippen molar-refractivity contribution in [3.8, 4) is 0 Å². The van der Waals surface area contributed by atoms with Crippen LogP contribution in [-0.4, -0.2) is 60.4 Å². The Kier molecular flexibility index (Phi) is 5.54. The third-order valence-electron chi connectivity index (χ3n) is 5.66. The van der Waals surface area contributed by atoms with Crippen molar-refractivity contribution in [3.05, 3.63) is 0 Å². The van der Waals surface area contributed by atoms with Gasteiger partial charge in [-0.3, -0.25) is 19.3 Å². The van der Waals surface area contributed by atoms with Crippen molar-refractivity contribution in [3.63, 3.8) is 0 Å². The maximum Gasteiger partial charge on any atom is 0.242 e. The van der Waals surface area contributed by atoms with E-state index in [-0.39, 0.29) is 36.1 Å². The summed E-state index contributed by atoms with van der Waals surface area (Å²) in [5.74, 6) is -0.342. The Morgan fingerprint density at radius 1 is 1.08 bits per heavy atom. The summed E-state index contributed by atoms with van der Waals surface area (Å²) in [6.07, 6.45) is 5.62. The summed E-state index contributed by atoms with van der Waals surface area (Å²) < 4.78 is 5.48. The molecule has 1 saturated carbocycles. The van der Waals surface area contributed by atoms with E-state index < -0.39 is 0 Å². The summed E-state index contributed by atoms with van der Waals surface area (Å²) in [7, 11) is 0. The van der Waals surface area contributed by atoms with E-state index in [4.69, 9.17) is 4.74 Å². The van der Waals surface area contributed by atoms with Gasteiger partial charge in [-0.25, -0.2) is 0 Å².